The van der Waals surface area contributed by atoms with Crippen molar-refractivity contribution in [1.82, 2.24) is 34.3 Å². The average Bonchev–Trinajstić information content (AvgIpc) is 3.57. The number of piperidine rings is 1. The smallest absolute Gasteiger partial charge is 0.280 e. The second-order valence-electron chi connectivity index (χ2n) is 9.83. The molecule has 0 bridgehead atoms. The van der Waals surface area contributed by atoms with Crippen LogP contribution in [0.3, 0.4) is 0 Å². The number of para-hydroxylation sites is 1. The quantitative estimate of drug-likeness (QED) is 0.379. The molecule has 9 nitrogen and oxygen atoms in total. The number of hydrogen-bond donors (Lipinski definition) is 1. The first-order valence-corrected chi connectivity index (χ1v) is 13.2. The molecule has 3 aromatic heterocycles. The van der Waals surface area contributed by atoms with E-state index in [9.17, 15) is 9.59 Å². The molecule has 1 N–H and O–H groups in total. The van der Waals surface area contributed by atoms with E-state index >= 15 is 0 Å². The molecular formula is C28H35N7O2. The third-order valence-electron chi connectivity index (χ3n) is 7.21. The predicted octanol–water partition coefficient (Wildman–Crippen LogP) is 3.45. The van der Waals surface area contributed by atoms with Crippen molar-refractivity contribution in [1.29, 1.82) is 0 Å². The fourth-order valence-electron chi connectivity index (χ4n) is 5.18. The van der Waals surface area contributed by atoms with Gasteiger partial charge in [0, 0.05) is 44.5 Å². The van der Waals surface area contributed by atoms with Crippen LogP contribution in [0.4, 0.5) is 0 Å². The molecule has 1 saturated heterocycles. The van der Waals surface area contributed by atoms with Crippen LogP contribution in [0.1, 0.15) is 44.7 Å². The summed E-state index contributed by atoms with van der Waals surface area (Å²) < 4.78 is 5.18. The van der Waals surface area contributed by atoms with Crippen molar-refractivity contribution in [3.63, 3.8) is 0 Å². The van der Waals surface area contributed by atoms with E-state index < -0.39 is 0 Å². The molecule has 4 aromatic rings. The molecule has 1 unspecified atom stereocenters. The van der Waals surface area contributed by atoms with Crippen molar-refractivity contribution in [3.05, 3.63) is 70.9 Å². The van der Waals surface area contributed by atoms with Crippen LogP contribution in [0, 0.1) is 6.92 Å². The van der Waals surface area contributed by atoms with Gasteiger partial charge in [0.25, 0.3) is 5.56 Å². The summed E-state index contributed by atoms with van der Waals surface area (Å²) in [7, 11) is 0. The number of carbonyl (C=O) groups excluding carboxylic acids is 1. The fourth-order valence-corrected chi connectivity index (χ4v) is 5.18. The summed E-state index contributed by atoms with van der Waals surface area (Å²) in [6.45, 7) is 7.15. The zero-order valence-corrected chi connectivity index (χ0v) is 21.6. The molecule has 37 heavy (non-hydrogen) atoms. The summed E-state index contributed by atoms with van der Waals surface area (Å²) in [4.78, 5) is 28.5. The predicted molar refractivity (Wildman–Crippen MR) is 144 cm³/mol. The van der Waals surface area contributed by atoms with Crippen molar-refractivity contribution < 1.29 is 4.79 Å². The van der Waals surface area contributed by atoms with Crippen LogP contribution < -0.4 is 10.9 Å². The van der Waals surface area contributed by atoms with Crippen molar-refractivity contribution in [2.45, 2.75) is 58.5 Å². The lowest BCUT2D eigenvalue weighted by Crippen LogP contribution is -2.42. The molecule has 1 fully saturated rings. The van der Waals surface area contributed by atoms with Gasteiger partial charge in [0.2, 0.25) is 5.91 Å². The highest BCUT2D eigenvalue weighted by molar-refractivity contribution is 5.87. The summed E-state index contributed by atoms with van der Waals surface area (Å²) in [5.74, 6) is 0.695. The minimum Gasteiger partial charge on any atom is -0.355 e. The van der Waals surface area contributed by atoms with Gasteiger partial charge >= 0.3 is 0 Å². The fraction of sp³-hybridized carbons (Fsp3) is 0.429. The molecule has 1 atom stereocenters. The van der Waals surface area contributed by atoms with E-state index in [-0.39, 0.29) is 11.5 Å². The van der Waals surface area contributed by atoms with Crippen LogP contribution in [0.5, 0.6) is 0 Å². The molecule has 1 aliphatic heterocycles. The van der Waals surface area contributed by atoms with E-state index in [0.717, 1.165) is 18.8 Å². The Morgan fingerprint density at radius 3 is 2.59 bits per heavy atom. The van der Waals surface area contributed by atoms with Gasteiger partial charge in [-0.15, -0.1) is 0 Å². The maximum absolute atomic E-state index is 13.6. The molecule has 1 amide bonds. The average molecular weight is 502 g/mol. The van der Waals surface area contributed by atoms with Crippen LogP contribution in [0.2, 0.25) is 0 Å². The van der Waals surface area contributed by atoms with E-state index in [1.807, 2.05) is 66.3 Å². The second-order valence-corrected chi connectivity index (χ2v) is 9.83. The van der Waals surface area contributed by atoms with Crippen molar-refractivity contribution in [2.24, 2.45) is 0 Å². The van der Waals surface area contributed by atoms with Gasteiger partial charge in [0.05, 0.1) is 11.4 Å². The first-order chi connectivity index (χ1) is 18.0. The van der Waals surface area contributed by atoms with Gasteiger partial charge in [-0.1, -0.05) is 24.6 Å². The Labute approximate surface area is 216 Å². The zero-order chi connectivity index (χ0) is 25.8. The molecule has 0 spiro atoms. The molecule has 5 rings (SSSR count). The Bertz CT molecular complexity index is 1410. The van der Waals surface area contributed by atoms with Crippen molar-refractivity contribution in [2.75, 3.05) is 19.6 Å². The van der Waals surface area contributed by atoms with Gasteiger partial charge in [-0.25, -0.2) is 9.36 Å². The SMILES string of the molecule is Cc1nn(CCCC(=O)NCCN2CCCCC2C)c(=O)c2c(-n3cccc3)n(-c3ccccc3)nc12. The van der Waals surface area contributed by atoms with Crippen LogP contribution >= 0.6 is 0 Å². The molecule has 9 heteroatoms. The summed E-state index contributed by atoms with van der Waals surface area (Å²) in [5.41, 5.74) is 1.92. The highest BCUT2D eigenvalue weighted by Gasteiger charge is 2.22. The number of aromatic nitrogens is 5. The maximum atomic E-state index is 13.6. The molecule has 4 heterocycles. The molecule has 1 aromatic carbocycles. The largest absolute Gasteiger partial charge is 0.355 e. The van der Waals surface area contributed by atoms with Crippen LogP contribution in [-0.4, -0.2) is 60.6 Å². The Morgan fingerprint density at radius 1 is 1.05 bits per heavy atom. The minimum atomic E-state index is -0.203. The van der Waals surface area contributed by atoms with Gasteiger partial charge in [-0.2, -0.15) is 10.2 Å². The number of nitrogens with zero attached hydrogens (tertiary/aromatic N) is 6. The molecule has 0 aliphatic carbocycles. The van der Waals surface area contributed by atoms with Crippen LogP contribution in [0.25, 0.3) is 22.4 Å². The Kier molecular flexibility index (Phi) is 7.50. The molecule has 194 valence electrons. The second kappa shape index (κ2) is 11.1. The van der Waals surface area contributed by atoms with E-state index in [2.05, 4.69) is 22.2 Å². The molecular weight excluding hydrogens is 466 g/mol. The number of fused-ring (bicyclic) bond motifs is 1. The normalized spacial score (nSPS) is 16.3. The highest BCUT2D eigenvalue weighted by atomic mass is 16.1. The lowest BCUT2D eigenvalue weighted by Gasteiger charge is -2.33. The maximum Gasteiger partial charge on any atom is 0.280 e. The standard InChI is InChI=1S/C28H35N7O2/c1-21-11-6-7-16-32(21)20-15-29-24(36)14-10-19-34-28(37)25-26(22(2)30-34)31-35(23-12-4-3-5-13-23)27(25)33-17-8-9-18-33/h3-5,8-9,12-13,17-18,21H,6-7,10-11,14-16,19-20H2,1-2H3,(H,29,36). The summed E-state index contributed by atoms with van der Waals surface area (Å²) in [5, 5.41) is 12.9. The number of amides is 1. The Balaban J connectivity index is 1.31. The van der Waals surface area contributed by atoms with E-state index in [1.54, 1.807) is 4.68 Å². The van der Waals surface area contributed by atoms with Crippen LogP contribution in [0.15, 0.2) is 59.7 Å². The van der Waals surface area contributed by atoms with E-state index in [0.29, 0.717) is 54.4 Å². The van der Waals surface area contributed by atoms with Crippen molar-refractivity contribution in [3.8, 4) is 11.5 Å². The van der Waals surface area contributed by atoms with Gasteiger partial charge < -0.3 is 9.88 Å². The zero-order valence-electron chi connectivity index (χ0n) is 21.6. The summed E-state index contributed by atoms with van der Waals surface area (Å²) in [6, 6.07) is 14.2. The Hall–Kier alpha value is -3.72. The minimum absolute atomic E-state index is 0.0143. The molecule has 1 aliphatic rings. The number of hydrogen-bond acceptors (Lipinski definition) is 5. The van der Waals surface area contributed by atoms with Gasteiger partial charge in [-0.05, 0) is 63.9 Å². The summed E-state index contributed by atoms with van der Waals surface area (Å²) in [6.07, 6.45) is 8.47. The lowest BCUT2D eigenvalue weighted by atomic mass is 10.0. The topological polar surface area (TPSA) is 90.0 Å². The number of benzene rings is 1. The number of rotatable bonds is 9. The van der Waals surface area contributed by atoms with Gasteiger partial charge in [0.1, 0.15) is 10.9 Å². The Morgan fingerprint density at radius 2 is 1.84 bits per heavy atom. The monoisotopic (exact) mass is 501 g/mol. The number of carbonyl (C=O) groups is 1. The number of likely N-dealkylation sites (tertiary alicyclic amines) is 1. The van der Waals surface area contributed by atoms with E-state index in [4.69, 9.17) is 5.10 Å². The lowest BCUT2D eigenvalue weighted by molar-refractivity contribution is -0.121. The first-order valence-electron chi connectivity index (χ1n) is 13.2. The van der Waals surface area contributed by atoms with Crippen LogP contribution in [-0.2, 0) is 11.3 Å². The van der Waals surface area contributed by atoms with Gasteiger partial charge in [-0.3, -0.25) is 14.5 Å². The van der Waals surface area contributed by atoms with E-state index in [1.165, 1.54) is 23.9 Å². The van der Waals surface area contributed by atoms with Crippen molar-refractivity contribution >= 4 is 16.8 Å². The third-order valence-corrected chi connectivity index (χ3v) is 7.21. The first kappa shape index (κ1) is 25.0. The third kappa shape index (κ3) is 5.36. The summed E-state index contributed by atoms with van der Waals surface area (Å²) >= 11 is 0. The molecule has 0 radical (unpaired) electrons. The number of aryl methyl sites for hydroxylation is 2. The van der Waals surface area contributed by atoms with Gasteiger partial charge in [0.15, 0.2) is 5.82 Å². The molecule has 0 saturated carbocycles. The highest BCUT2D eigenvalue weighted by Crippen LogP contribution is 2.24. The number of nitrogens with one attached hydrogen (secondary N) is 1.